The highest BCUT2D eigenvalue weighted by Crippen LogP contribution is 2.39. The average molecular weight is 539 g/mol. The summed E-state index contributed by atoms with van der Waals surface area (Å²) >= 11 is 1.53. The van der Waals surface area contributed by atoms with E-state index >= 15 is 0 Å². The molecule has 2 amide bonds. The predicted octanol–water partition coefficient (Wildman–Crippen LogP) is 3.54. The zero-order valence-electron chi connectivity index (χ0n) is 20.9. The SMILES string of the molecule is CC(=O)O[C@@H](C(=O)NCCc1cccs1)[C@@H](OC(C)=O)C(=O)N1Cc2ccccc2[C@@H]1c1cccc(F)c1. The molecule has 198 valence electrons. The second kappa shape index (κ2) is 12.0. The molecule has 10 heteroatoms. The third-order valence-electron chi connectivity index (χ3n) is 6.06. The van der Waals surface area contributed by atoms with Crippen LogP contribution >= 0.6 is 11.3 Å². The van der Waals surface area contributed by atoms with Gasteiger partial charge >= 0.3 is 11.9 Å². The Kier molecular flexibility index (Phi) is 8.52. The maximum atomic E-state index is 14.2. The van der Waals surface area contributed by atoms with Gasteiger partial charge in [-0.05, 0) is 46.7 Å². The van der Waals surface area contributed by atoms with Crippen molar-refractivity contribution in [3.8, 4) is 0 Å². The molecule has 8 nitrogen and oxygen atoms in total. The number of hydrogen-bond donors (Lipinski definition) is 1. The molecular weight excluding hydrogens is 511 g/mol. The van der Waals surface area contributed by atoms with Crippen LogP contribution < -0.4 is 5.32 Å². The molecule has 0 saturated carbocycles. The predicted molar refractivity (Wildman–Crippen MR) is 137 cm³/mol. The molecule has 0 fully saturated rings. The Morgan fingerprint density at radius 2 is 1.74 bits per heavy atom. The van der Waals surface area contributed by atoms with Gasteiger partial charge in [-0.3, -0.25) is 19.2 Å². The number of halogens is 1. The van der Waals surface area contributed by atoms with Crippen LogP contribution in [0.5, 0.6) is 0 Å². The summed E-state index contributed by atoms with van der Waals surface area (Å²) in [4.78, 5) is 53.6. The number of hydrogen-bond acceptors (Lipinski definition) is 7. The van der Waals surface area contributed by atoms with Crippen LogP contribution in [0.4, 0.5) is 4.39 Å². The Hall–Kier alpha value is -4.05. The zero-order chi connectivity index (χ0) is 27.2. The molecule has 0 spiro atoms. The van der Waals surface area contributed by atoms with E-state index in [0.717, 1.165) is 29.9 Å². The number of carbonyl (C=O) groups excluding carboxylic acids is 4. The van der Waals surface area contributed by atoms with Gasteiger partial charge in [0.25, 0.3) is 11.8 Å². The maximum absolute atomic E-state index is 14.2. The van der Waals surface area contributed by atoms with Crippen LogP contribution in [0.2, 0.25) is 0 Å². The van der Waals surface area contributed by atoms with E-state index in [9.17, 15) is 23.6 Å². The van der Waals surface area contributed by atoms with Crippen molar-refractivity contribution in [2.45, 2.75) is 45.1 Å². The highest BCUT2D eigenvalue weighted by atomic mass is 32.1. The number of thiophene rings is 1. The number of rotatable bonds is 9. The van der Waals surface area contributed by atoms with Crippen molar-refractivity contribution in [2.75, 3.05) is 6.54 Å². The van der Waals surface area contributed by atoms with Crippen LogP contribution in [0, 0.1) is 5.82 Å². The van der Waals surface area contributed by atoms with E-state index in [1.165, 1.54) is 28.4 Å². The van der Waals surface area contributed by atoms with Crippen LogP contribution in [0.1, 0.15) is 41.5 Å². The summed E-state index contributed by atoms with van der Waals surface area (Å²) in [5.41, 5.74) is 2.10. The molecule has 1 N–H and O–H groups in total. The first-order chi connectivity index (χ1) is 18.2. The fourth-order valence-electron chi connectivity index (χ4n) is 4.51. The van der Waals surface area contributed by atoms with Gasteiger partial charge in [-0.1, -0.05) is 42.5 Å². The average Bonchev–Trinajstić information content (AvgIpc) is 3.53. The van der Waals surface area contributed by atoms with Crippen molar-refractivity contribution < 1.29 is 33.0 Å². The summed E-state index contributed by atoms with van der Waals surface area (Å²) in [6.45, 7) is 2.55. The second-order valence-corrected chi connectivity index (χ2v) is 9.84. The summed E-state index contributed by atoms with van der Waals surface area (Å²) in [6, 6.07) is 16.3. The monoisotopic (exact) mass is 538 g/mol. The van der Waals surface area contributed by atoms with Crippen molar-refractivity contribution in [3.05, 3.63) is 93.4 Å². The fourth-order valence-corrected chi connectivity index (χ4v) is 5.22. The summed E-state index contributed by atoms with van der Waals surface area (Å²) in [5, 5.41) is 4.59. The lowest BCUT2D eigenvalue weighted by molar-refractivity contribution is -0.178. The van der Waals surface area contributed by atoms with Gasteiger partial charge in [0, 0.05) is 31.8 Å². The Labute approximate surface area is 223 Å². The third-order valence-corrected chi connectivity index (χ3v) is 7.00. The van der Waals surface area contributed by atoms with Crippen molar-refractivity contribution in [1.29, 1.82) is 0 Å². The minimum absolute atomic E-state index is 0.126. The summed E-state index contributed by atoms with van der Waals surface area (Å²) < 4.78 is 24.7. The number of fused-ring (bicyclic) bond motifs is 1. The van der Waals surface area contributed by atoms with Gasteiger partial charge < -0.3 is 19.7 Å². The molecule has 3 aromatic rings. The zero-order valence-corrected chi connectivity index (χ0v) is 21.7. The third kappa shape index (κ3) is 6.25. The lowest BCUT2D eigenvalue weighted by atomic mass is 9.97. The number of amides is 2. The molecule has 2 heterocycles. The number of nitrogens with one attached hydrogen (secondary N) is 1. The molecule has 0 bridgehead atoms. The van der Waals surface area contributed by atoms with Crippen molar-refractivity contribution >= 4 is 35.1 Å². The quantitative estimate of drug-likeness (QED) is 0.418. The maximum Gasteiger partial charge on any atom is 0.303 e. The highest BCUT2D eigenvalue weighted by Gasteiger charge is 2.45. The normalized spacial score (nSPS) is 15.8. The Morgan fingerprint density at radius 1 is 1.00 bits per heavy atom. The highest BCUT2D eigenvalue weighted by molar-refractivity contribution is 7.09. The van der Waals surface area contributed by atoms with Crippen LogP contribution in [-0.2, 0) is 41.6 Å². The largest absolute Gasteiger partial charge is 0.448 e. The molecule has 2 aromatic carbocycles. The number of nitrogens with zero attached hydrogens (tertiary/aromatic N) is 1. The number of ether oxygens (including phenoxy) is 2. The lowest BCUT2D eigenvalue weighted by Gasteiger charge is -2.32. The number of esters is 2. The van der Waals surface area contributed by atoms with Crippen molar-refractivity contribution in [2.24, 2.45) is 0 Å². The van der Waals surface area contributed by atoms with E-state index in [1.54, 1.807) is 12.1 Å². The van der Waals surface area contributed by atoms with E-state index in [1.807, 2.05) is 41.8 Å². The van der Waals surface area contributed by atoms with Crippen LogP contribution in [0.25, 0.3) is 0 Å². The van der Waals surface area contributed by atoms with E-state index in [-0.39, 0.29) is 13.1 Å². The van der Waals surface area contributed by atoms with Gasteiger partial charge in [0.15, 0.2) is 0 Å². The molecular formula is C28H27FN2O6S. The molecule has 3 atom stereocenters. The summed E-state index contributed by atoms with van der Waals surface area (Å²) in [5.74, 6) is -3.63. The Bertz CT molecular complexity index is 1330. The molecule has 0 radical (unpaired) electrons. The van der Waals surface area contributed by atoms with Gasteiger partial charge in [-0.25, -0.2) is 4.39 Å². The minimum Gasteiger partial charge on any atom is -0.448 e. The van der Waals surface area contributed by atoms with E-state index in [4.69, 9.17) is 9.47 Å². The van der Waals surface area contributed by atoms with Crippen LogP contribution in [0.3, 0.4) is 0 Å². The van der Waals surface area contributed by atoms with Gasteiger partial charge in [-0.2, -0.15) is 0 Å². The molecule has 0 unspecified atom stereocenters. The van der Waals surface area contributed by atoms with Crippen molar-refractivity contribution in [1.82, 2.24) is 10.2 Å². The van der Waals surface area contributed by atoms with Gasteiger partial charge in [0.2, 0.25) is 12.2 Å². The number of carbonyl (C=O) groups is 4. The van der Waals surface area contributed by atoms with Gasteiger partial charge in [0.05, 0.1) is 6.04 Å². The van der Waals surface area contributed by atoms with Crippen LogP contribution in [-0.4, -0.2) is 47.4 Å². The Balaban J connectivity index is 1.65. The first-order valence-corrected chi connectivity index (χ1v) is 12.9. The molecule has 0 aliphatic carbocycles. The first kappa shape index (κ1) is 27.0. The molecule has 38 heavy (non-hydrogen) atoms. The molecule has 1 aliphatic rings. The minimum atomic E-state index is -1.75. The molecule has 1 aromatic heterocycles. The van der Waals surface area contributed by atoms with Gasteiger partial charge in [-0.15, -0.1) is 11.3 Å². The van der Waals surface area contributed by atoms with E-state index in [2.05, 4.69) is 5.32 Å². The lowest BCUT2D eigenvalue weighted by Crippen LogP contribution is -2.54. The summed E-state index contributed by atoms with van der Waals surface area (Å²) in [6.07, 6.45) is -2.93. The Morgan fingerprint density at radius 3 is 2.42 bits per heavy atom. The standard InChI is InChI=1S/C28H27FN2O6S/c1-17(32)36-25(27(34)30-13-12-22-10-6-14-38-22)26(37-18(2)33)28(35)31-16-20-7-3-4-11-23(20)24(31)19-8-5-9-21(29)15-19/h3-11,14-15,24-26H,12-13,16H2,1-2H3,(H,30,34)/t24-,25+,26+/m0/s1. The van der Waals surface area contributed by atoms with E-state index < -0.39 is 47.8 Å². The molecule has 4 rings (SSSR count). The molecule has 1 aliphatic heterocycles. The first-order valence-electron chi connectivity index (χ1n) is 12.0. The second-order valence-electron chi connectivity index (χ2n) is 8.80. The smallest absolute Gasteiger partial charge is 0.303 e. The van der Waals surface area contributed by atoms with Crippen molar-refractivity contribution in [3.63, 3.8) is 0 Å². The number of benzene rings is 2. The fraction of sp³-hybridized carbons (Fsp3) is 0.286. The van der Waals surface area contributed by atoms with Crippen LogP contribution in [0.15, 0.2) is 66.0 Å². The van der Waals surface area contributed by atoms with Gasteiger partial charge in [0.1, 0.15) is 5.82 Å². The topological polar surface area (TPSA) is 102 Å². The summed E-state index contributed by atoms with van der Waals surface area (Å²) in [7, 11) is 0. The molecule has 0 saturated heterocycles. The van der Waals surface area contributed by atoms with E-state index in [0.29, 0.717) is 12.0 Å².